The fraction of sp³-hybridized carbons (Fsp3) is 0.312. The van der Waals surface area contributed by atoms with Crippen LogP contribution in [-0.2, 0) is 19.1 Å². The molecule has 0 bridgehead atoms. The van der Waals surface area contributed by atoms with Gasteiger partial charge in [-0.1, -0.05) is 12.1 Å². The van der Waals surface area contributed by atoms with E-state index in [0.717, 1.165) is 17.8 Å². The Balaban J connectivity index is 1.84. The van der Waals surface area contributed by atoms with Crippen LogP contribution >= 0.6 is 0 Å². The quantitative estimate of drug-likeness (QED) is 0.912. The second-order valence-electron chi connectivity index (χ2n) is 5.23. The van der Waals surface area contributed by atoms with E-state index in [-0.39, 0.29) is 12.6 Å². The molecule has 1 heterocycles. The van der Waals surface area contributed by atoms with Crippen LogP contribution in [0.3, 0.4) is 0 Å². The lowest BCUT2D eigenvalue weighted by atomic mass is 10.1. The Morgan fingerprint density at radius 3 is 2.75 bits per heavy atom. The Bertz CT molecular complexity index is 677. The first-order chi connectivity index (χ1) is 11.4. The maximum atomic E-state index is 12.6. The fourth-order valence-electron chi connectivity index (χ4n) is 2.01. The summed E-state index contributed by atoms with van der Waals surface area (Å²) < 4.78 is 37.9. The molecule has 8 heteroatoms. The van der Waals surface area contributed by atoms with Crippen LogP contribution in [-0.4, -0.2) is 34.5 Å². The number of hydrogen-bond acceptors (Lipinski definition) is 3. The van der Waals surface area contributed by atoms with Crippen LogP contribution in [0.1, 0.15) is 16.8 Å². The third-order valence-electron chi connectivity index (χ3n) is 3.36. The Labute approximate surface area is 137 Å². The molecular weight excluding hydrogens is 321 g/mol. The Kier molecular flexibility index (Phi) is 5.73. The van der Waals surface area contributed by atoms with E-state index in [9.17, 15) is 18.0 Å². The molecule has 1 aromatic carbocycles. The summed E-state index contributed by atoms with van der Waals surface area (Å²) in [6.45, 7) is 0.450. The number of rotatable bonds is 5. The molecule has 0 fully saturated rings. The summed E-state index contributed by atoms with van der Waals surface area (Å²) in [6.07, 6.45) is 0.904. The van der Waals surface area contributed by atoms with Gasteiger partial charge in [-0.25, -0.2) is 4.79 Å². The highest BCUT2D eigenvalue weighted by Gasteiger charge is 2.30. The zero-order valence-electron chi connectivity index (χ0n) is 13.0. The number of alkyl halides is 3. The van der Waals surface area contributed by atoms with E-state index in [1.807, 2.05) is 0 Å². The van der Waals surface area contributed by atoms with Crippen molar-refractivity contribution in [1.82, 2.24) is 20.2 Å². The number of carbonyl (C=O) groups is 1. The summed E-state index contributed by atoms with van der Waals surface area (Å²) in [6, 6.07) is 4.52. The number of nitrogens with zero attached hydrogens (tertiary/aromatic N) is 3. The molecule has 0 atom stereocenters. The van der Waals surface area contributed by atoms with Gasteiger partial charge in [0.15, 0.2) is 0 Å². The van der Waals surface area contributed by atoms with Gasteiger partial charge in [0.2, 0.25) is 0 Å². The predicted octanol–water partition coefficient (Wildman–Crippen LogP) is 2.88. The van der Waals surface area contributed by atoms with Crippen LogP contribution in [0.25, 0.3) is 0 Å². The number of halogens is 3. The third-order valence-corrected chi connectivity index (χ3v) is 3.36. The smallest absolute Gasteiger partial charge is 0.334 e. The number of likely N-dealkylation sites (N-methyl/N-ethyl adjacent to an activating group) is 1. The van der Waals surface area contributed by atoms with Crippen LogP contribution in [0.4, 0.5) is 18.0 Å². The van der Waals surface area contributed by atoms with E-state index in [1.54, 1.807) is 25.6 Å². The van der Waals surface area contributed by atoms with Gasteiger partial charge in [0.05, 0.1) is 11.3 Å². The molecule has 5 nitrogen and oxygen atoms in total. The van der Waals surface area contributed by atoms with Crippen molar-refractivity contribution in [1.29, 1.82) is 0 Å². The fourth-order valence-corrected chi connectivity index (χ4v) is 2.01. The molecule has 0 radical (unpaired) electrons. The number of benzene rings is 1. The van der Waals surface area contributed by atoms with Gasteiger partial charge >= 0.3 is 12.2 Å². The van der Waals surface area contributed by atoms with Crippen molar-refractivity contribution in [3.8, 4) is 0 Å². The molecule has 24 heavy (non-hydrogen) atoms. The second kappa shape index (κ2) is 7.76. The van der Waals surface area contributed by atoms with Gasteiger partial charge in [-0.05, 0) is 17.7 Å². The number of amides is 2. The zero-order valence-corrected chi connectivity index (χ0v) is 13.0. The van der Waals surface area contributed by atoms with Gasteiger partial charge in [-0.2, -0.15) is 13.2 Å². The van der Waals surface area contributed by atoms with Crippen molar-refractivity contribution in [3.63, 3.8) is 0 Å². The molecule has 0 aliphatic carbocycles. The maximum absolute atomic E-state index is 12.6. The summed E-state index contributed by atoms with van der Waals surface area (Å²) in [5, 5.41) is 2.60. The molecule has 2 amide bonds. The topological polar surface area (TPSA) is 58.1 Å². The lowest BCUT2D eigenvalue weighted by molar-refractivity contribution is -0.137. The molecule has 0 unspecified atom stereocenters. The minimum atomic E-state index is -4.40. The summed E-state index contributed by atoms with van der Waals surface area (Å²) in [5.41, 5.74) is 0.417. The summed E-state index contributed by atoms with van der Waals surface area (Å²) >= 11 is 0. The van der Waals surface area contributed by atoms with E-state index in [4.69, 9.17) is 0 Å². The van der Waals surface area contributed by atoms with E-state index in [1.165, 1.54) is 17.0 Å². The van der Waals surface area contributed by atoms with Crippen LogP contribution in [0.5, 0.6) is 0 Å². The average molecular weight is 338 g/mol. The lowest BCUT2D eigenvalue weighted by Crippen LogP contribution is -2.38. The molecule has 0 saturated carbocycles. The Morgan fingerprint density at radius 1 is 1.29 bits per heavy atom. The van der Waals surface area contributed by atoms with Gasteiger partial charge in [-0.15, -0.1) is 0 Å². The second-order valence-corrected chi connectivity index (χ2v) is 5.23. The average Bonchev–Trinajstić information content (AvgIpc) is 2.58. The molecule has 128 valence electrons. The van der Waals surface area contributed by atoms with E-state index in [2.05, 4.69) is 15.3 Å². The SMILES string of the molecule is CN(CCc1cnccn1)C(=O)NCc1cccc(C(F)(F)F)c1. The largest absolute Gasteiger partial charge is 0.416 e. The van der Waals surface area contributed by atoms with Crippen molar-refractivity contribution < 1.29 is 18.0 Å². The van der Waals surface area contributed by atoms with Gasteiger partial charge < -0.3 is 10.2 Å². The van der Waals surface area contributed by atoms with Crippen LogP contribution in [0.2, 0.25) is 0 Å². The third kappa shape index (κ3) is 5.22. The number of urea groups is 1. The Morgan fingerprint density at radius 2 is 2.08 bits per heavy atom. The summed E-state index contributed by atoms with van der Waals surface area (Å²) in [7, 11) is 1.61. The van der Waals surface area contributed by atoms with E-state index in [0.29, 0.717) is 18.5 Å². The van der Waals surface area contributed by atoms with Gasteiger partial charge in [0, 0.05) is 45.1 Å². The zero-order chi connectivity index (χ0) is 17.6. The highest BCUT2D eigenvalue weighted by molar-refractivity contribution is 5.73. The van der Waals surface area contributed by atoms with Gasteiger partial charge in [-0.3, -0.25) is 9.97 Å². The monoisotopic (exact) mass is 338 g/mol. The first-order valence-electron chi connectivity index (χ1n) is 7.26. The molecule has 1 N–H and O–H groups in total. The molecule has 2 aromatic rings. The van der Waals surface area contributed by atoms with Crippen LogP contribution in [0.15, 0.2) is 42.9 Å². The first kappa shape index (κ1) is 17.7. The normalized spacial score (nSPS) is 11.2. The van der Waals surface area contributed by atoms with Gasteiger partial charge in [0.25, 0.3) is 0 Å². The van der Waals surface area contributed by atoms with Crippen LogP contribution in [0, 0.1) is 0 Å². The molecule has 0 spiro atoms. The van der Waals surface area contributed by atoms with Crippen molar-refractivity contribution >= 4 is 6.03 Å². The maximum Gasteiger partial charge on any atom is 0.416 e. The van der Waals surface area contributed by atoms with Crippen molar-refractivity contribution in [2.45, 2.75) is 19.1 Å². The molecule has 0 saturated heterocycles. The molecule has 1 aromatic heterocycles. The highest BCUT2D eigenvalue weighted by atomic mass is 19.4. The number of hydrogen-bond donors (Lipinski definition) is 1. The predicted molar refractivity (Wildman–Crippen MR) is 82.0 cm³/mol. The standard InChI is InChI=1S/C16H17F3N4O/c1-23(8-5-14-11-20-6-7-21-14)15(24)22-10-12-3-2-4-13(9-12)16(17,18)19/h2-4,6-7,9,11H,5,8,10H2,1H3,(H,22,24). The lowest BCUT2D eigenvalue weighted by Gasteiger charge is -2.18. The van der Waals surface area contributed by atoms with Crippen molar-refractivity contribution in [2.75, 3.05) is 13.6 Å². The molecule has 0 aliphatic heterocycles. The first-order valence-corrected chi connectivity index (χ1v) is 7.26. The highest BCUT2D eigenvalue weighted by Crippen LogP contribution is 2.29. The number of nitrogens with one attached hydrogen (secondary N) is 1. The summed E-state index contributed by atoms with van der Waals surface area (Å²) in [5.74, 6) is 0. The number of carbonyl (C=O) groups excluding carboxylic acids is 1. The number of aromatic nitrogens is 2. The molecular formula is C16H17F3N4O. The Hall–Kier alpha value is -2.64. The van der Waals surface area contributed by atoms with Crippen molar-refractivity contribution in [2.24, 2.45) is 0 Å². The minimum absolute atomic E-state index is 0.0260. The van der Waals surface area contributed by atoms with E-state index < -0.39 is 11.7 Å². The molecule has 2 rings (SSSR count). The summed E-state index contributed by atoms with van der Waals surface area (Å²) in [4.78, 5) is 21.5. The van der Waals surface area contributed by atoms with Crippen molar-refractivity contribution in [3.05, 3.63) is 59.7 Å². The van der Waals surface area contributed by atoms with Crippen LogP contribution < -0.4 is 5.32 Å². The minimum Gasteiger partial charge on any atom is -0.334 e. The van der Waals surface area contributed by atoms with Gasteiger partial charge in [0.1, 0.15) is 0 Å². The van der Waals surface area contributed by atoms with E-state index >= 15 is 0 Å². The molecule has 0 aliphatic rings.